The highest BCUT2D eigenvalue weighted by Gasteiger charge is 2.24. The molecule has 2 aromatic rings. The molecule has 0 spiro atoms. The summed E-state index contributed by atoms with van der Waals surface area (Å²) < 4.78 is 5.70. The predicted molar refractivity (Wildman–Crippen MR) is 71.9 cm³/mol. The molecule has 0 saturated carbocycles. The molecule has 0 saturated heterocycles. The van der Waals surface area contributed by atoms with E-state index in [1.165, 1.54) is 5.56 Å². The quantitative estimate of drug-likeness (QED) is 0.904. The molecular weight excluding hydrogens is 254 g/mol. The Morgan fingerprint density at radius 2 is 2.29 bits per heavy atom. The van der Waals surface area contributed by atoms with Gasteiger partial charge in [-0.15, -0.1) is 0 Å². The first-order chi connectivity index (χ1) is 8.28. The Morgan fingerprint density at radius 3 is 3.00 bits per heavy atom. The zero-order valence-electron chi connectivity index (χ0n) is 9.15. The maximum Gasteiger partial charge on any atom is 0.141 e. The highest BCUT2D eigenvalue weighted by molar-refractivity contribution is 7.08. The second kappa shape index (κ2) is 4.33. The molecule has 1 atom stereocenters. The van der Waals surface area contributed by atoms with E-state index in [1.54, 1.807) is 11.3 Å². The van der Waals surface area contributed by atoms with Crippen molar-refractivity contribution in [2.24, 2.45) is 5.73 Å². The van der Waals surface area contributed by atoms with Gasteiger partial charge >= 0.3 is 0 Å². The van der Waals surface area contributed by atoms with Crippen LogP contribution in [-0.4, -0.2) is 12.6 Å². The zero-order valence-corrected chi connectivity index (χ0v) is 10.7. The lowest BCUT2D eigenvalue weighted by Crippen LogP contribution is -2.24. The van der Waals surface area contributed by atoms with Gasteiger partial charge in [0.2, 0.25) is 0 Å². The number of hydrogen-bond donors (Lipinski definition) is 1. The van der Waals surface area contributed by atoms with Gasteiger partial charge in [0.1, 0.15) is 11.9 Å². The second-order valence-electron chi connectivity index (χ2n) is 4.14. The van der Waals surface area contributed by atoms with Crippen LogP contribution < -0.4 is 10.5 Å². The summed E-state index contributed by atoms with van der Waals surface area (Å²) in [5, 5.41) is 4.86. The summed E-state index contributed by atoms with van der Waals surface area (Å²) in [6.07, 6.45) is 0.920. The van der Waals surface area contributed by atoms with Crippen LogP contribution in [0.2, 0.25) is 5.02 Å². The van der Waals surface area contributed by atoms with Gasteiger partial charge < -0.3 is 10.5 Å². The summed E-state index contributed by atoms with van der Waals surface area (Å²) in [5.41, 5.74) is 9.14. The topological polar surface area (TPSA) is 35.2 Å². The molecule has 0 aliphatic carbocycles. The predicted octanol–water partition coefficient (Wildman–Crippen LogP) is 3.33. The van der Waals surface area contributed by atoms with Crippen molar-refractivity contribution in [1.82, 2.24) is 0 Å². The maximum absolute atomic E-state index is 6.25. The van der Waals surface area contributed by atoms with E-state index < -0.39 is 0 Å². The molecule has 17 heavy (non-hydrogen) atoms. The average molecular weight is 266 g/mol. The SMILES string of the molecule is NCC1Cc2cc(-c3ccsc3)cc(Cl)c2O1. The van der Waals surface area contributed by atoms with Crippen LogP contribution in [0.3, 0.4) is 0 Å². The fourth-order valence-corrected chi connectivity index (χ4v) is 3.06. The molecule has 1 aliphatic heterocycles. The Kier molecular flexibility index (Phi) is 2.82. The van der Waals surface area contributed by atoms with Crippen molar-refractivity contribution >= 4 is 22.9 Å². The molecule has 3 rings (SSSR count). The van der Waals surface area contributed by atoms with Gasteiger partial charge in [0.15, 0.2) is 0 Å². The van der Waals surface area contributed by atoms with Crippen molar-refractivity contribution < 1.29 is 4.74 Å². The van der Waals surface area contributed by atoms with Crippen LogP contribution in [-0.2, 0) is 6.42 Å². The standard InChI is InChI=1S/C13H12ClNOS/c14-12-5-9(8-1-2-17-7-8)3-10-4-11(6-15)16-13(10)12/h1-3,5,7,11H,4,6,15H2. The normalized spacial score (nSPS) is 17.9. The average Bonchev–Trinajstić information content (AvgIpc) is 2.97. The van der Waals surface area contributed by atoms with Crippen LogP contribution in [0.1, 0.15) is 5.56 Å². The molecule has 0 bridgehead atoms. The van der Waals surface area contributed by atoms with Gasteiger partial charge in [0, 0.05) is 18.5 Å². The number of fused-ring (bicyclic) bond motifs is 1. The van der Waals surface area contributed by atoms with Crippen LogP contribution in [0, 0.1) is 0 Å². The molecule has 1 aromatic heterocycles. The van der Waals surface area contributed by atoms with Gasteiger partial charge in [-0.2, -0.15) is 11.3 Å². The van der Waals surface area contributed by atoms with Crippen LogP contribution >= 0.6 is 22.9 Å². The molecule has 88 valence electrons. The summed E-state index contributed by atoms with van der Waals surface area (Å²) in [4.78, 5) is 0. The molecule has 2 nitrogen and oxygen atoms in total. The van der Waals surface area contributed by atoms with Gasteiger partial charge in [-0.25, -0.2) is 0 Å². The van der Waals surface area contributed by atoms with Crippen molar-refractivity contribution in [2.75, 3.05) is 6.54 Å². The summed E-state index contributed by atoms with van der Waals surface area (Å²) in [6, 6.07) is 6.21. The first-order valence-corrected chi connectivity index (χ1v) is 6.81. The molecule has 2 N–H and O–H groups in total. The first-order valence-electron chi connectivity index (χ1n) is 5.49. The molecule has 1 aromatic carbocycles. The minimum atomic E-state index is 0.0697. The molecule has 4 heteroatoms. The molecular formula is C13H12ClNOS. The lowest BCUT2D eigenvalue weighted by molar-refractivity contribution is 0.241. The fraction of sp³-hybridized carbons (Fsp3) is 0.231. The van der Waals surface area contributed by atoms with E-state index in [2.05, 4.69) is 22.9 Å². The van der Waals surface area contributed by atoms with Gasteiger partial charge in [0.05, 0.1) is 5.02 Å². The van der Waals surface area contributed by atoms with E-state index >= 15 is 0 Å². The molecule has 0 amide bonds. The minimum absolute atomic E-state index is 0.0697. The number of nitrogens with two attached hydrogens (primary N) is 1. The first kappa shape index (κ1) is 11.1. The maximum atomic E-state index is 6.25. The highest BCUT2D eigenvalue weighted by atomic mass is 35.5. The number of thiophene rings is 1. The monoisotopic (exact) mass is 265 g/mol. The Labute approximate surface area is 109 Å². The Morgan fingerprint density at radius 1 is 1.41 bits per heavy atom. The van der Waals surface area contributed by atoms with Gasteiger partial charge in [-0.05, 0) is 40.1 Å². The third-order valence-corrected chi connectivity index (χ3v) is 3.93. The van der Waals surface area contributed by atoms with Gasteiger partial charge in [0.25, 0.3) is 0 Å². The van der Waals surface area contributed by atoms with Crippen LogP contribution in [0.5, 0.6) is 5.75 Å². The van der Waals surface area contributed by atoms with E-state index in [0.717, 1.165) is 23.3 Å². The Hall–Kier alpha value is -1.03. The summed E-state index contributed by atoms with van der Waals surface area (Å²) in [5.74, 6) is 0.807. The van der Waals surface area contributed by atoms with E-state index in [9.17, 15) is 0 Å². The molecule has 2 heterocycles. The zero-order chi connectivity index (χ0) is 11.8. The lowest BCUT2D eigenvalue weighted by Gasteiger charge is -2.07. The number of ether oxygens (including phenoxy) is 1. The Bertz CT molecular complexity index is 539. The van der Waals surface area contributed by atoms with Crippen LogP contribution in [0.4, 0.5) is 0 Å². The second-order valence-corrected chi connectivity index (χ2v) is 5.33. The number of benzene rings is 1. The van der Waals surface area contributed by atoms with Gasteiger partial charge in [-0.1, -0.05) is 11.6 Å². The van der Waals surface area contributed by atoms with E-state index in [0.29, 0.717) is 11.6 Å². The van der Waals surface area contributed by atoms with Crippen molar-refractivity contribution in [3.05, 3.63) is 39.5 Å². The van der Waals surface area contributed by atoms with Gasteiger partial charge in [-0.3, -0.25) is 0 Å². The lowest BCUT2D eigenvalue weighted by atomic mass is 10.0. The highest BCUT2D eigenvalue weighted by Crippen LogP contribution is 2.39. The Balaban J connectivity index is 2.04. The summed E-state index contributed by atoms with van der Waals surface area (Å²) >= 11 is 7.94. The van der Waals surface area contributed by atoms with Crippen molar-refractivity contribution in [3.63, 3.8) is 0 Å². The number of hydrogen-bond acceptors (Lipinski definition) is 3. The molecule has 0 fully saturated rings. The third-order valence-electron chi connectivity index (χ3n) is 2.97. The van der Waals surface area contributed by atoms with E-state index in [1.807, 2.05) is 6.07 Å². The molecule has 1 unspecified atom stereocenters. The summed E-state index contributed by atoms with van der Waals surface area (Å²) in [7, 11) is 0. The fourth-order valence-electron chi connectivity index (χ4n) is 2.11. The molecule has 0 radical (unpaired) electrons. The van der Waals surface area contributed by atoms with Crippen LogP contribution in [0.15, 0.2) is 29.0 Å². The van der Waals surface area contributed by atoms with Crippen molar-refractivity contribution in [1.29, 1.82) is 0 Å². The number of rotatable bonds is 2. The molecule has 1 aliphatic rings. The minimum Gasteiger partial charge on any atom is -0.487 e. The van der Waals surface area contributed by atoms with Crippen molar-refractivity contribution in [3.8, 4) is 16.9 Å². The van der Waals surface area contributed by atoms with Crippen molar-refractivity contribution in [2.45, 2.75) is 12.5 Å². The van der Waals surface area contributed by atoms with E-state index in [4.69, 9.17) is 22.1 Å². The number of halogens is 1. The van der Waals surface area contributed by atoms with E-state index in [-0.39, 0.29) is 6.10 Å². The summed E-state index contributed by atoms with van der Waals surface area (Å²) in [6.45, 7) is 0.527. The largest absolute Gasteiger partial charge is 0.487 e. The third kappa shape index (κ3) is 1.95. The van der Waals surface area contributed by atoms with Crippen LogP contribution in [0.25, 0.3) is 11.1 Å². The smallest absolute Gasteiger partial charge is 0.141 e.